The molecular formula is C29H30N2O6S. The fourth-order valence-electron chi connectivity index (χ4n) is 5.33. The molecule has 2 heterocycles. The van der Waals surface area contributed by atoms with Gasteiger partial charge in [-0.3, -0.25) is 14.6 Å². The average molecular weight is 535 g/mol. The van der Waals surface area contributed by atoms with Crippen LogP contribution in [0.4, 0.5) is 5.69 Å². The van der Waals surface area contributed by atoms with Crippen LogP contribution >= 0.6 is 12.2 Å². The maximum absolute atomic E-state index is 14.3. The molecule has 5 rings (SSSR count). The van der Waals surface area contributed by atoms with Crippen LogP contribution in [0.5, 0.6) is 28.7 Å². The van der Waals surface area contributed by atoms with Gasteiger partial charge >= 0.3 is 0 Å². The monoisotopic (exact) mass is 534 g/mol. The standard InChI is InChI=1S/C29H30N2O6S/c1-17-9-7-10-19(13-17)31-28(38)30(27(32)18-14-23(34-4)26(36-6)24(15-18)35-5)21-16-29(31,2)37-25-20(21)11-8-12-22(25)33-3/h7-15,21H,16H2,1-6H3/t21-,29-/m1/s1. The van der Waals surface area contributed by atoms with Crippen molar-refractivity contribution in [2.45, 2.75) is 32.0 Å². The molecule has 2 aliphatic heterocycles. The second-order valence-electron chi connectivity index (χ2n) is 9.42. The molecule has 3 aromatic carbocycles. The summed E-state index contributed by atoms with van der Waals surface area (Å²) in [7, 11) is 6.16. The first-order valence-electron chi connectivity index (χ1n) is 12.2. The molecule has 198 valence electrons. The van der Waals surface area contributed by atoms with E-state index in [-0.39, 0.29) is 11.9 Å². The summed E-state index contributed by atoms with van der Waals surface area (Å²) in [4.78, 5) is 17.9. The summed E-state index contributed by atoms with van der Waals surface area (Å²) < 4.78 is 28.8. The van der Waals surface area contributed by atoms with E-state index in [0.717, 1.165) is 16.8 Å². The minimum Gasteiger partial charge on any atom is -0.493 e. The van der Waals surface area contributed by atoms with E-state index >= 15 is 0 Å². The molecule has 0 unspecified atom stereocenters. The number of aryl methyl sites for hydroxylation is 1. The first kappa shape index (κ1) is 25.7. The molecule has 9 heteroatoms. The smallest absolute Gasteiger partial charge is 0.260 e. The van der Waals surface area contributed by atoms with Gasteiger partial charge in [-0.1, -0.05) is 24.3 Å². The number of thiocarbonyl (C=S) groups is 1. The van der Waals surface area contributed by atoms with Gasteiger partial charge in [-0.2, -0.15) is 0 Å². The predicted molar refractivity (Wildman–Crippen MR) is 148 cm³/mol. The minimum atomic E-state index is -0.858. The molecule has 0 radical (unpaired) electrons. The normalized spacial score (nSPS) is 19.8. The van der Waals surface area contributed by atoms with E-state index in [1.807, 2.05) is 61.2 Å². The zero-order valence-corrected chi connectivity index (χ0v) is 23.0. The van der Waals surface area contributed by atoms with E-state index in [1.165, 1.54) is 21.3 Å². The highest BCUT2D eigenvalue weighted by Gasteiger charge is 2.54. The Morgan fingerprint density at radius 1 is 0.947 bits per heavy atom. The fraction of sp³-hybridized carbons (Fsp3) is 0.310. The lowest BCUT2D eigenvalue weighted by atomic mass is 9.88. The van der Waals surface area contributed by atoms with Gasteiger partial charge in [0.1, 0.15) is 0 Å². The van der Waals surface area contributed by atoms with Crippen LogP contribution < -0.4 is 28.6 Å². The predicted octanol–water partition coefficient (Wildman–Crippen LogP) is 5.52. The number of carbonyl (C=O) groups excluding carboxylic acids is 1. The zero-order chi connectivity index (χ0) is 27.2. The number of benzene rings is 3. The van der Waals surface area contributed by atoms with Gasteiger partial charge in [0.2, 0.25) is 5.75 Å². The molecule has 2 bridgehead atoms. The molecule has 3 aromatic rings. The molecule has 2 atom stereocenters. The van der Waals surface area contributed by atoms with Crippen molar-refractivity contribution in [3.63, 3.8) is 0 Å². The largest absolute Gasteiger partial charge is 0.493 e. The SMILES string of the molecule is COc1cc(C(=O)N2C(=S)N(c3cccc(C)c3)[C@@]3(C)C[C@@H]2c2cccc(OC)c2O3)cc(OC)c1OC. The molecule has 38 heavy (non-hydrogen) atoms. The molecule has 0 aliphatic carbocycles. The first-order chi connectivity index (χ1) is 18.3. The minimum absolute atomic E-state index is 0.297. The maximum atomic E-state index is 14.3. The number of nitrogens with zero attached hydrogens (tertiary/aromatic N) is 2. The number of carbonyl (C=O) groups is 1. The van der Waals surface area contributed by atoms with Crippen molar-refractivity contribution in [3.05, 3.63) is 71.3 Å². The highest BCUT2D eigenvalue weighted by Crippen LogP contribution is 2.53. The molecule has 0 saturated carbocycles. The number of ether oxygens (including phenoxy) is 5. The Kier molecular flexibility index (Phi) is 6.56. The number of fused-ring (bicyclic) bond motifs is 4. The van der Waals surface area contributed by atoms with Crippen LogP contribution in [0.2, 0.25) is 0 Å². The van der Waals surface area contributed by atoms with E-state index in [0.29, 0.717) is 45.8 Å². The number of rotatable bonds is 6. The van der Waals surface area contributed by atoms with Crippen LogP contribution in [0.1, 0.15) is 40.9 Å². The number of hydrogen-bond donors (Lipinski definition) is 0. The molecule has 1 saturated heterocycles. The summed E-state index contributed by atoms with van der Waals surface area (Å²) in [5, 5.41) is 0.335. The maximum Gasteiger partial charge on any atom is 0.260 e. The second-order valence-corrected chi connectivity index (χ2v) is 9.79. The van der Waals surface area contributed by atoms with Gasteiger partial charge in [-0.15, -0.1) is 0 Å². The van der Waals surface area contributed by atoms with Crippen molar-refractivity contribution in [1.29, 1.82) is 0 Å². The number of amides is 1. The summed E-state index contributed by atoms with van der Waals surface area (Å²) >= 11 is 6.07. The zero-order valence-electron chi connectivity index (χ0n) is 22.2. The summed E-state index contributed by atoms with van der Waals surface area (Å²) in [5.74, 6) is 2.06. The van der Waals surface area contributed by atoms with E-state index in [9.17, 15) is 4.79 Å². The molecule has 1 fully saturated rings. The van der Waals surface area contributed by atoms with Crippen molar-refractivity contribution in [1.82, 2.24) is 4.90 Å². The van der Waals surface area contributed by atoms with Crippen LogP contribution in [-0.2, 0) is 0 Å². The third-order valence-corrected chi connectivity index (χ3v) is 7.43. The van der Waals surface area contributed by atoms with Gasteiger partial charge < -0.3 is 23.7 Å². The van der Waals surface area contributed by atoms with Crippen molar-refractivity contribution in [2.24, 2.45) is 0 Å². The number of hydrogen-bond acceptors (Lipinski definition) is 7. The Morgan fingerprint density at radius 2 is 1.61 bits per heavy atom. The summed E-state index contributed by atoms with van der Waals surface area (Å²) in [6.45, 7) is 4.01. The van der Waals surface area contributed by atoms with Gasteiger partial charge in [-0.05, 0) is 62.0 Å². The molecular weight excluding hydrogens is 504 g/mol. The van der Waals surface area contributed by atoms with Gasteiger partial charge in [0.05, 0.1) is 34.5 Å². The van der Waals surface area contributed by atoms with Crippen molar-refractivity contribution in [3.8, 4) is 28.7 Å². The topological polar surface area (TPSA) is 69.7 Å². The summed E-state index contributed by atoms with van der Waals surface area (Å²) in [6.07, 6.45) is 0.484. The molecule has 8 nitrogen and oxygen atoms in total. The number of para-hydroxylation sites is 1. The molecule has 1 amide bonds. The van der Waals surface area contributed by atoms with Crippen molar-refractivity contribution >= 4 is 28.9 Å². The Labute approximate surface area is 227 Å². The van der Waals surface area contributed by atoms with Gasteiger partial charge in [0.25, 0.3) is 5.91 Å². The molecule has 0 aromatic heterocycles. The summed E-state index contributed by atoms with van der Waals surface area (Å²) in [5.41, 5.74) is 2.22. The lowest BCUT2D eigenvalue weighted by Gasteiger charge is -2.55. The van der Waals surface area contributed by atoms with Gasteiger partial charge in [0.15, 0.2) is 33.8 Å². The quantitative estimate of drug-likeness (QED) is 0.383. The summed E-state index contributed by atoms with van der Waals surface area (Å²) in [6, 6.07) is 16.6. The van der Waals surface area contributed by atoms with E-state index < -0.39 is 5.72 Å². The van der Waals surface area contributed by atoms with Crippen LogP contribution in [0.15, 0.2) is 54.6 Å². The second kappa shape index (κ2) is 9.72. The Balaban J connectivity index is 1.71. The average Bonchev–Trinajstić information content (AvgIpc) is 2.91. The van der Waals surface area contributed by atoms with Crippen LogP contribution in [0.25, 0.3) is 0 Å². The van der Waals surface area contributed by atoms with Crippen molar-refractivity contribution in [2.75, 3.05) is 33.3 Å². The van der Waals surface area contributed by atoms with Crippen LogP contribution in [0.3, 0.4) is 0 Å². The molecule has 0 spiro atoms. The van der Waals surface area contributed by atoms with Crippen molar-refractivity contribution < 1.29 is 28.5 Å². The number of anilines is 1. The molecule has 0 N–H and O–H groups in total. The lowest BCUT2D eigenvalue weighted by molar-refractivity contribution is 0.0162. The van der Waals surface area contributed by atoms with Crippen LogP contribution in [0, 0.1) is 6.92 Å². The Bertz CT molecular complexity index is 1400. The van der Waals surface area contributed by atoms with Crippen LogP contribution in [-0.4, -0.2) is 50.1 Å². The Morgan fingerprint density at radius 3 is 2.21 bits per heavy atom. The third kappa shape index (κ3) is 3.98. The molecule has 2 aliphatic rings. The highest BCUT2D eigenvalue weighted by atomic mass is 32.1. The van der Waals surface area contributed by atoms with E-state index in [4.69, 9.17) is 35.9 Å². The van der Waals surface area contributed by atoms with Gasteiger partial charge in [-0.25, -0.2) is 0 Å². The highest BCUT2D eigenvalue weighted by molar-refractivity contribution is 7.80. The third-order valence-electron chi connectivity index (χ3n) is 7.05. The van der Waals surface area contributed by atoms with Gasteiger partial charge in [0, 0.05) is 23.2 Å². The first-order valence-corrected chi connectivity index (χ1v) is 12.6. The fourth-order valence-corrected chi connectivity index (χ4v) is 5.84. The number of methoxy groups -OCH3 is 4. The Hall–Kier alpha value is -3.98. The van der Waals surface area contributed by atoms with E-state index in [2.05, 4.69) is 0 Å². The van der Waals surface area contributed by atoms with E-state index in [1.54, 1.807) is 24.1 Å². The lowest BCUT2D eigenvalue weighted by Crippen LogP contribution is -2.67.